The van der Waals surface area contributed by atoms with E-state index in [4.69, 9.17) is 4.98 Å². The predicted molar refractivity (Wildman–Crippen MR) is 82.8 cm³/mol. The molecular formula is C17H29N3. The first-order chi connectivity index (χ1) is 9.81. The molecule has 0 aromatic carbocycles. The van der Waals surface area contributed by atoms with Crippen LogP contribution >= 0.6 is 0 Å². The molecule has 1 heterocycles. The minimum absolute atomic E-state index is 0.662. The average molecular weight is 275 g/mol. The topological polar surface area (TPSA) is 29.9 Å². The monoisotopic (exact) mass is 275 g/mol. The predicted octanol–water partition coefficient (Wildman–Crippen LogP) is 3.56. The standard InChI is InChI=1S/C17H29N3/c1-3-13-5-6-14(12-19-15-7-8-15)16(11-13)17-18-9-10-20(17)4-2/h9-10,13-16,19H,3-8,11-12H2,1-2H3. The molecular weight excluding hydrogens is 246 g/mol. The van der Waals surface area contributed by atoms with Gasteiger partial charge >= 0.3 is 0 Å². The molecule has 3 heteroatoms. The first-order valence-corrected chi connectivity index (χ1v) is 8.56. The van der Waals surface area contributed by atoms with E-state index in [1.54, 1.807) is 0 Å². The normalized spacial score (nSPS) is 30.6. The molecule has 3 atom stereocenters. The quantitative estimate of drug-likeness (QED) is 0.860. The van der Waals surface area contributed by atoms with Crippen molar-refractivity contribution in [2.45, 2.75) is 70.9 Å². The number of hydrogen-bond donors (Lipinski definition) is 1. The summed E-state index contributed by atoms with van der Waals surface area (Å²) < 4.78 is 2.35. The van der Waals surface area contributed by atoms with E-state index in [1.165, 1.54) is 50.9 Å². The average Bonchev–Trinajstić information content (AvgIpc) is 3.20. The van der Waals surface area contributed by atoms with E-state index < -0.39 is 0 Å². The maximum Gasteiger partial charge on any atom is 0.112 e. The van der Waals surface area contributed by atoms with Crippen LogP contribution in [-0.4, -0.2) is 22.1 Å². The Morgan fingerprint density at radius 1 is 1.25 bits per heavy atom. The zero-order chi connectivity index (χ0) is 13.9. The van der Waals surface area contributed by atoms with Crippen molar-refractivity contribution in [3.05, 3.63) is 18.2 Å². The van der Waals surface area contributed by atoms with Gasteiger partial charge in [-0.05, 0) is 51.0 Å². The van der Waals surface area contributed by atoms with Gasteiger partial charge in [-0.3, -0.25) is 0 Å². The molecule has 1 aromatic rings. The van der Waals surface area contributed by atoms with Gasteiger partial charge in [-0.1, -0.05) is 19.8 Å². The highest BCUT2D eigenvalue weighted by Crippen LogP contribution is 2.41. The first kappa shape index (κ1) is 14.1. The summed E-state index contributed by atoms with van der Waals surface area (Å²) >= 11 is 0. The molecule has 1 N–H and O–H groups in total. The molecule has 0 bridgehead atoms. The van der Waals surface area contributed by atoms with Crippen molar-refractivity contribution in [3.8, 4) is 0 Å². The Morgan fingerprint density at radius 2 is 2.10 bits per heavy atom. The van der Waals surface area contributed by atoms with E-state index in [1.807, 2.05) is 6.20 Å². The van der Waals surface area contributed by atoms with E-state index in [0.29, 0.717) is 5.92 Å². The van der Waals surface area contributed by atoms with Crippen LogP contribution in [0.3, 0.4) is 0 Å². The molecule has 112 valence electrons. The van der Waals surface area contributed by atoms with E-state index in [-0.39, 0.29) is 0 Å². The maximum atomic E-state index is 4.71. The van der Waals surface area contributed by atoms with Gasteiger partial charge in [-0.2, -0.15) is 0 Å². The summed E-state index contributed by atoms with van der Waals surface area (Å²) in [6.45, 7) is 6.81. The highest BCUT2D eigenvalue weighted by Gasteiger charge is 2.34. The SMILES string of the molecule is CCC1CCC(CNC2CC2)C(c2nccn2CC)C1. The van der Waals surface area contributed by atoms with Crippen LogP contribution in [-0.2, 0) is 6.54 Å². The summed E-state index contributed by atoms with van der Waals surface area (Å²) in [6, 6.07) is 0.825. The van der Waals surface area contributed by atoms with Gasteiger partial charge in [0.1, 0.15) is 5.82 Å². The lowest BCUT2D eigenvalue weighted by Gasteiger charge is -2.36. The summed E-state index contributed by atoms with van der Waals surface area (Å²) in [7, 11) is 0. The fourth-order valence-corrected chi connectivity index (χ4v) is 3.77. The van der Waals surface area contributed by atoms with Gasteiger partial charge in [0.2, 0.25) is 0 Å². The summed E-state index contributed by atoms with van der Waals surface area (Å²) in [6.07, 6.45) is 12.4. The van der Waals surface area contributed by atoms with Crippen LogP contribution in [0.1, 0.15) is 64.1 Å². The summed E-state index contributed by atoms with van der Waals surface area (Å²) in [5.41, 5.74) is 0. The second-order valence-corrected chi connectivity index (χ2v) is 6.71. The van der Waals surface area contributed by atoms with Crippen LogP contribution in [0.4, 0.5) is 0 Å². The van der Waals surface area contributed by atoms with Gasteiger partial charge < -0.3 is 9.88 Å². The van der Waals surface area contributed by atoms with E-state index in [2.05, 4.69) is 29.9 Å². The van der Waals surface area contributed by atoms with Crippen LogP contribution in [0, 0.1) is 11.8 Å². The van der Waals surface area contributed by atoms with Gasteiger partial charge in [0.25, 0.3) is 0 Å². The second-order valence-electron chi connectivity index (χ2n) is 6.71. The van der Waals surface area contributed by atoms with Crippen LogP contribution in [0.2, 0.25) is 0 Å². The number of nitrogens with one attached hydrogen (secondary N) is 1. The third kappa shape index (κ3) is 3.08. The lowest BCUT2D eigenvalue weighted by Crippen LogP contribution is -2.34. The molecule has 1 aromatic heterocycles. The van der Waals surface area contributed by atoms with Crippen molar-refractivity contribution in [2.24, 2.45) is 11.8 Å². The molecule has 3 nitrogen and oxygen atoms in total. The molecule has 3 unspecified atom stereocenters. The molecule has 0 radical (unpaired) electrons. The Bertz CT molecular complexity index is 422. The maximum absolute atomic E-state index is 4.71. The van der Waals surface area contributed by atoms with E-state index in [0.717, 1.165) is 24.4 Å². The lowest BCUT2D eigenvalue weighted by atomic mass is 9.72. The second kappa shape index (κ2) is 6.30. The number of rotatable bonds is 6. The van der Waals surface area contributed by atoms with Crippen molar-refractivity contribution < 1.29 is 0 Å². The number of nitrogens with zero attached hydrogens (tertiary/aromatic N) is 2. The van der Waals surface area contributed by atoms with Crippen molar-refractivity contribution in [1.29, 1.82) is 0 Å². The van der Waals surface area contributed by atoms with Crippen LogP contribution in [0.5, 0.6) is 0 Å². The number of aromatic nitrogens is 2. The molecule has 3 rings (SSSR count). The molecule has 0 spiro atoms. The first-order valence-electron chi connectivity index (χ1n) is 8.56. The smallest absolute Gasteiger partial charge is 0.112 e. The third-order valence-corrected chi connectivity index (χ3v) is 5.35. The minimum Gasteiger partial charge on any atom is -0.335 e. The Morgan fingerprint density at radius 3 is 2.80 bits per heavy atom. The highest BCUT2D eigenvalue weighted by molar-refractivity contribution is 5.06. The summed E-state index contributed by atoms with van der Waals surface area (Å²) in [5, 5.41) is 3.75. The molecule has 2 aliphatic carbocycles. The van der Waals surface area contributed by atoms with Gasteiger partial charge in [0.05, 0.1) is 0 Å². The lowest BCUT2D eigenvalue weighted by molar-refractivity contribution is 0.215. The Labute approximate surface area is 123 Å². The zero-order valence-electron chi connectivity index (χ0n) is 13.0. The molecule has 20 heavy (non-hydrogen) atoms. The molecule has 2 fully saturated rings. The Balaban J connectivity index is 1.72. The van der Waals surface area contributed by atoms with E-state index in [9.17, 15) is 0 Å². The Hall–Kier alpha value is -0.830. The van der Waals surface area contributed by atoms with Gasteiger partial charge in [0.15, 0.2) is 0 Å². The summed E-state index contributed by atoms with van der Waals surface area (Å²) in [4.78, 5) is 4.71. The van der Waals surface area contributed by atoms with Gasteiger partial charge in [0, 0.05) is 30.9 Å². The fourth-order valence-electron chi connectivity index (χ4n) is 3.77. The molecule has 0 amide bonds. The van der Waals surface area contributed by atoms with E-state index >= 15 is 0 Å². The van der Waals surface area contributed by atoms with Gasteiger partial charge in [-0.25, -0.2) is 4.98 Å². The number of aryl methyl sites for hydroxylation is 1. The van der Waals surface area contributed by atoms with Crippen molar-refractivity contribution >= 4 is 0 Å². The zero-order valence-corrected chi connectivity index (χ0v) is 13.0. The van der Waals surface area contributed by atoms with Crippen molar-refractivity contribution in [1.82, 2.24) is 14.9 Å². The van der Waals surface area contributed by atoms with Crippen molar-refractivity contribution in [3.63, 3.8) is 0 Å². The molecule has 0 saturated heterocycles. The fraction of sp³-hybridized carbons (Fsp3) is 0.824. The van der Waals surface area contributed by atoms with Crippen LogP contribution in [0.25, 0.3) is 0 Å². The largest absolute Gasteiger partial charge is 0.335 e. The number of hydrogen-bond acceptors (Lipinski definition) is 2. The van der Waals surface area contributed by atoms with Gasteiger partial charge in [-0.15, -0.1) is 0 Å². The summed E-state index contributed by atoms with van der Waals surface area (Å²) in [5.74, 6) is 3.69. The minimum atomic E-state index is 0.662. The molecule has 0 aliphatic heterocycles. The van der Waals surface area contributed by atoms with Crippen LogP contribution < -0.4 is 5.32 Å². The number of imidazole rings is 1. The highest BCUT2D eigenvalue weighted by atomic mass is 15.1. The third-order valence-electron chi connectivity index (χ3n) is 5.35. The van der Waals surface area contributed by atoms with Crippen molar-refractivity contribution in [2.75, 3.05) is 6.54 Å². The molecule has 2 aliphatic rings. The van der Waals surface area contributed by atoms with Crippen LogP contribution in [0.15, 0.2) is 12.4 Å². The Kier molecular flexibility index (Phi) is 4.45. The molecule has 2 saturated carbocycles.